The summed E-state index contributed by atoms with van der Waals surface area (Å²) in [5.41, 5.74) is 5.77. The number of carbonyl (C=O) groups is 1. The number of unbranched alkanes of at least 4 members (excludes halogenated alkanes) is 3. The molecular weight excluding hydrogens is 242 g/mol. The zero-order valence-electron chi connectivity index (χ0n) is 11.5. The first-order valence-electron chi connectivity index (χ1n) is 6.83. The highest BCUT2D eigenvalue weighted by atomic mass is 16.1. The zero-order valence-corrected chi connectivity index (χ0v) is 11.5. The number of anilines is 1. The number of amides is 1. The van der Waals surface area contributed by atoms with E-state index in [0.29, 0.717) is 18.1 Å². The minimum absolute atomic E-state index is 0.191. The Labute approximate surface area is 114 Å². The van der Waals surface area contributed by atoms with Crippen molar-refractivity contribution >= 4 is 11.7 Å². The molecule has 6 nitrogen and oxygen atoms in total. The maximum absolute atomic E-state index is 11.5. The van der Waals surface area contributed by atoms with Crippen LogP contribution in [0.3, 0.4) is 0 Å². The SMILES string of the molecule is CCNC(=O)c1ccc(NCCCCCCN)nn1. The van der Waals surface area contributed by atoms with E-state index < -0.39 is 0 Å². The molecule has 0 saturated heterocycles. The summed E-state index contributed by atoms with van der Waals surface area (Å²) in [6.45, 7) is 4.08. The fourth-order valence-electron chi connectivity index (χ4n) is 1.64. The molecule has 1 aromatic rings. The predicted octanol–water partition coefficient (Wildman–Crippen LogP) is 1.16. The van der Waals surface area contributed by atoms with Gasteiger partial charge >= 0.3 is 0 Å². The molecule has 106 valence electrons. The second-order valence-corrected chi connectivity index (χ2v) is 4.29. The van der Waals surface area contributed by atoms with Gasteiger partial charge in [-0.2, -0.15) is 0 Å². The maximum atomic E-state index is 11.5. The lowest BCUT2D eigenvalue weighted by Crippen LogP contribution is -2.24. The first kappa shape index (κ1) is 15.4. The first-order valence-corrected chi connectivity index (χ1v) is 6.83. The van der Waals surface area contributed by atoms with Gasteiger partial charge in [-0.25, -0.2) is 0 Å². The monoisotopic (exact) mass is 265 g/mol. The maximum Gasteiger partial charge on any atom is 0.271 e. The third kappa shape index (κ3) is 6.15. The van der Waals surface area contributed by atoms with Crippen LogP contribution in [-0.4, -0.2) is 35.7 Å². The van der Waals surface area contributed by atoms with Crippen molar-refractivity contribution in [1.82, 2.24) is 15.5 Å². The van der Waals surface area contributed by atoms with Crippen LogP contribution in [0, 0.1) is 0 Å². The van der Waals surface area contributed by atoms with Gasteiger partial charge in [0, 0.05) is 13.1 Å². The van der Waals surface area contributed by atoms with Gasteiger partial charge in [0.25, 0.3) is 5.91 Å². The van der Waals surface area contributed by atoms with Crippen LogP contribution in [0.15, 0.2) is 12.1 Å². The fraction of sp³-hybridized carbons (Fsp3) is 0.615. The number of rotatable bonds is 9. The van der Waals surface area contributed by atoms with E-state index in [-0.39, 0.29) is 5.91 Å². The number of hydrogen-bond donors (Lipinski definition) is 3. The first-order chi connectivity index (χ1) is 9.27. The highest BCUT2D eigenvalue weighted by molar-refractivity contribution is 5.92. The van der Waals surface area contributed by atoms with Gasteiger partial charge in [0.05, 0.1) is 0 Å². The van der Waals surface area contributed by atoms with Crippen molar-refractivity contribution in [2.24, 2.45) is 5.73 Å². The molecule has 0 fully saturated rings. The predicted molar refractivity (Wildman–Crippen MR) is 76.1 cm³/mol. The smallest absolute Gasteiger partial charge is 0.271 e. The molecule has 1 rings (SSSR count). The van der Waals surface area contributed by atoms with Gasteiger partial charge in [-0.05, 0) is 38.4 Å². The van der Waals surface area contributed by atoms with Crippen LogP contribution in [0.5, 0.6) is 0 Å². The van der Waals surface area contributed by atoms with Gasteiger partial charge in [0.1, 0.15) is 5.82 Å². The van der Waals surface area contributed by atoms with Crippen molar-refractivity contribution in [3.63, 3.8) is 0 Å². The molecule has 0 aliphatic heterocycles. The van der Waals surface area contributed by atoms with Gasteiger partial charge in [-0.1, -0.05) is 12.8 Å². The lowest BCUT2D eigenvalue weighted by molar-refractivity contribution is 0.0950. The molecule has 0 unspecified atom stereocenters. The van der Waals surface area contributed by atoms with Crippen LogP contribution in [-0.2, 0) is 0 Å². The molecule has 0 bridgehead atoms. The van der Waals surface area contributed by atoms with Gasteiger partial charge in [-0.3, -0.25) is 4.79 Å². The molecule has 0 saturated carbocycles. The van der Waals surface area contributed by atoms with Crippen LogP contribution in [0.1, 0.15) is 43.1 Å². The molecule has 0 atom stereocenters. The average Bonchev–Trinajstić information content (AvgIpc) is 2.43. The molecule has 1 aromatic heterocycles. The average molecular weight is 265 g/mol. The molecule has 0 aliphatic carbocycles. The van der Waals surface area contributed by atoms with Crippen LogP contribution in [0.4, 0.5) is 5.82 Å². The Hall–Kier alpha value is -1.69. The van der Waals surface area contributed by atoms with E-state index in [1.807, 2.05) is 6.92 Å². The van der Waals surface area contributed by atoms with Crippen molar-refractivity contribution in [2.45, 2.75) is 32.6 Å². The highest BCUT2D eigenvalue weighted by Gasteiger charge is 2.05. The Kier molecular flexibility index (Phi) is 7.50. The standard InChI is InChI=1S/C13H23N5O/c1-2-15-13(19)11-7-8-12(18-17-11)16-10-6-4-3-5-9-14/h7-8H,2-6,9-10,14H2,1H3,(H,15,19)(H,16,18). The summed E-state index contributed by atoms with van der Waals surface area (Å²) in [4.78, 5) is 11.5. The number of nitrogens with one attached hydrogen (secondary N) is 2. The molecule has 19 heavy (non-hydrogen) atoms. The molecular formula is C13H23N5O. The quantitative estimate of drug-likeness (QED) is 0.583. The lowest BCUT2D eigenvalue weighted by atomic mass is 10.2. The summed E-state index contributed by atoms with van der Waals surface area (Å²) >= 11 is 0. The van der Waals surface area contributed by atoms with Crippen molar-refractivity contribution < 1.29 is 4.79 Å². The number of nitrogens with two attached hydrogens (primary N) is 1. The highest BCUT2D eigenvalue weighted by Crippen LogP contribution is 2.04. The van der Waals surface area contributed by atoms with Crippen molar-refractivity contribution in [1.29, 1.82) is 0 Å². The summed E-state index contributed by atoms with van der Waals surface area (Å²) in [5.74, 6) is 0.509. The number of aromatic nitrogens is 2. The second kappa shape index (κ2) is 9.27. The normalized spacial score (nSPS) is 10.2. The van der Waals surface area contributed by atoms with E-state index in [9.17, 15) is 4.79 Å². The molecule has 1 amide bonds. The van der Waals surface area contributed by atoms with Crippen LogP contribution in [0.25, 0.3) is 0 Å². The third-order valence-electron chi connectivity index (χ3n) is 2.67. The summed E-state index contributed by atoms with van der Waals surface area (Å²) in [6.07, 6.45) is 4.50. The Morgan fingerprint density at radius 1 is 1.21 bits per heavy atom. The van der Waals surface area contributed by atoms with E-state index in [0.717, 1.165) is 32.4 Å². The second-order valence-electron chi connectivity index (χ2n) is 4.29. The van der Waals surface area contributed by atoms with Gasteiger partial charge in [0.2, 0.25) is 0 Å². The molecule has 0 aromatic carbocycles. The molecule has 4 N–H and O–H groups in total. The minimum atomic E-state index is -0.191. The van der Waals surface area contributed by atoms with Gasteiger partial charge < -0.3 is 16.4 Å². The minimum Gasteiger partial charge on any atom is -0.369 e. The summed E-state index contributed by atoms with van der Waals surface area (Å²) in [7, 11) is 0. The Bertz CT molecular complexity index is 366. The molecule has 0 radical (unpaired) electrons. The van der Waals surface area contributed by atoms with Crippen LogP contribution in [0.2, 0.25) is 0 Å². The topological polar surface area (TPSA) is 92.9 Å². The molecule has 0 aliphatic rings. The third-order valence-corrected chi connectivity index (χ3v) is 2.67. The summed E-state index contributed by atoms with van der Waals surface area (Å²) in [6, 6.07) is 3.45. The Morgan fingerprint density at radius 2 is 2.00 bits per heavy atom. The number of nitrogens with zero attached hydrogens (tertiary/aromatic N) is 2. The van der Waals surface area contributed by atoms with Gasteiger partial charge in [-0.15, -0.1) is 10.2 Å². The van der Waals surface area contributed by atoms with Crippen LogP contribution < -0.4 is 16.4 Å². The largest absolute Gasteiger partial charge is 0.369 e. The van der Waals surface area contributed by atoms with Gasteiger partial charge in [0.15, 0.2) is 5.69 Å². The van der Waals surface area contributed by atoms with E-state index in [4.69, 9.17) is 5.73 Å². The summed E-state index contributed by atoms with van der Waals surface area (Å²) in [5, 5.41) is 13.7. The van der Waals surface area contributed by atoms with Crippen molar-refractivity contribution in [2.75, 3.05) is 25.0 Å². The Morgan fingerprint density at radius 3 is 2.63 bits per heavy atom. The van der Waals surface area contributed by atoms with Crippen molar-refractivity contribution in [3.8, 4) is 0 Å². The van der Waals surface area contributed by atoms with E-state index >= 15 is 0 Å². The van der Waals surface area contributed by atoms with E-state index in [2.05, 4.69) is 20.8 Å². The van der Waals surface area contributed by atoms with Crippen molar-refractivity contribution in [3.05, 3.63) is 17.8 Å². The number of carbonyl (C=O) groups excluding carboxylic acids is 1. The molecule has 6 heteroatoms. The van der Waals surface area contributed by atoms with E-state index in [1.54, 1.807) is 12.1 Å². The zero-order chi connectivity index (χ0) is 13.9. The fourth-order valence-corrected chi connectivity index (χ4v) is 1.64. The Balaban J connectivity index is 2.26. The molecule has 0 spiro atoms. The number of hydrogen-bond acceptors (Lipinski definition) is 5. The lowest BCUT2D eigenvalue weighted by Gasteiger charge is -2.05. The molecule has 1 heterocycles. The van der Waals surface area contributed by atoms with Crippen LogP contribution >= 0.6 is 0 Å². The summed E-state index contributed by atoms with van der Waals surface area (Å²) < 4.78 is 0. The van der Waals surface area contributed by atoms with E-state index in [1.165, 1.54) is 6.42 Å².